The smallest absolute Gasteiger partial charge is 0.312 e. The third kappa shape index (κ3) is 12.3. The number of unbranched alkanes of at least 4 members (excludes halogenated alkanes) is 2. The van der Waals surface area contributed by atoms with E-state index in [4.69, 9.17) is 29.4 Å². The van der Waals surface area contributed by atoms with Gasteiger partial charge >= 0.3 is 6.03 Å². The molecule has 3 fully saturated rings. The molecule has 1 unspecified atom stereocenters. The van der Waals surface area contributed by atoms with Gasteiger partial charge in [0.05, 0.1) is 47.7 Å². The van der Waals surface area contributed by atoms with Crippen LogP contribution in [0.2, 0.25) is 0 Å². The zero-order valence-corrected chi connectivity index (χ0v) is 45.0. The number of nitrogens with two attached hydrogens (primary N) is 1. The monoisotopic (exact) mass is 1120 g/mol. The first kappa shape index (κ1) is 58.9. The van der Waals surface area contributed by atoms with Gasteiger partial charge in [-0.25, -0.2) is 4.79 Å². The van der Waals surface area contributed by atoms with E-state index in [0.29, 0.717) is 32.4 Å². The Labute approximate surface area is 459 Å². The summed E-state index contributed by atoms with van der Waals surface area (Å²) in [6.45, 7) is 6.68. The second-order valence-electron chi connectivity index (χ2n) is 21.1. The Bertz CT molecular complexity index is 2860. The largest absolute Gasteiger partial charge is 0.507 e. The van der Waals surface area contributed by atoms with E-state index in [1.54, 1.807) is 20.8 Å². The molecule has 3 saturated heterocycles. The molecule has 0 radical (unpaired) electrons. The van der Waals surface area contributed by atoms with Gasteiger partial charge in [0.1, 0.15) is 35.3 Å². The lowest BCUT2D eigenvalue weighted by molar-refractivity contribution is -0.256. The number of imide groups is 1. The lowest BCUT2D eigenvalue weighted by Crippen LogP contribution is -2.56. The number of morpholine rings is 1. The molecule has 8 rings (SSSR count). The second-order valence-corrected chi connectivity index (χ2v) is 21.1. The summed E-state index contributed by atoms with van der Waals surface area (Å²) in [7, 11) is 1.51. The number of primary amides is 1. The maximum Gasteiger partial charge on any atom is 0.312 e. The maximum atomic E-state index is 14.8. The van der Waals surface area contributed by atoms with Crippen molar-refractivity contribution in [2.24, 2.45) is 11.7 Å². The number of Topliss-reactive ketones (excluding diaryl/α,β-unsaturated/α-hetero) is 1. The summed E-state index contributed by atoms with van der Waals surface area (Å²) in [5.41, 5.74) is 0.651. The highest BCUT2D eigenvalue weighted by Gasteiger charge is 2.55. The van der Waals surface area contributed by atoms with Gasteiger partial charge in [0.15, 0.2) is 36.2 Å². The summed E-state index contributed by atoms with van der Waals surface area (Å²) in [5, 5.41) is 48.7. The molecule has 0 saturated carbocycles. The molecular weight excluding hydrogens is 1050 g/mol. The summed E-state index contributed by atoms with van der Waals surface area (Å²) in [4.78, 5) is 135. The van der Waals surface area contributed by atoms with Gasteiger partial charge in [-0.3, -0.25) is 53.0 Å². The Morgan fingerprint density at radius 2 is 1.61 bits per heavy atom. The minimum atomic E-state index is -2.14. The maximum absolute atomic E-state index is 14.8. The molecule has 26 nitrogen and oxygen atoms in total. The molecule has 0 aromatic heterocycles. The van der Waals surface area contributed by atoms with Gasteiger partial charge in [0.25, 0.3) is 11.8 Å². The molecule has 432 valence electrons. The van der Waals surface area contributed by atoms with Gasteiger partial charge in [-0.1, -0.05) is 32.4 Å². The topological polar surface area (TPSA) is 370 Å². The minimum absolute atomic E-state index is 0.0202. The Balaban J connectivity index is 0.955. The van der Waals surface area contributed by atoms with E-state index in [1.165, 1.54) is 37.5 Å². The number of hydrogen-bond donors (Lipinski definition) is 9. The summed E-state index contributed by atoms with van der Waals surface area (Å²) >= 11 is 0. The highest BCUT2D eigenvalue weighted by molar-refractivity contribution is 6.32. The van der Waals surface area contributed by atoms with Crippen molar-refractivity contribution in [3.63, 3.8) is 0 Å². The highest BCUT2D eigenvalue weighted by Crippen LogP contribution is 2.53. The van der Waals surface area contributed by atoms with Gasteiger partial charge in [-0.2, -0.15) is 0 Å². The number of rotatable bonds is 22. The van der Waals surface area contributed by atoms with Gasteiger partial charge in [-0.05, 0) is 51.5 Å². The van der Waals surface area contributed by atoms with Crippen molar-refractivity contribution in [2.75, 3.05) is 45.2 Å². The van der Waals surface area contributed by atoms with E-state index in [2.05, 4.69) is 31.5 Å². The van der Waals surface area contributed by atoms with Crippen molar-refractivity contribution in [1.82, 2.24) is 31.1 Å². The second kappa shape index (κ2) is 24.7. The summed E-state index contributed by atoms with van der Waals surface area (Å²) in [5.74, 6) is -8.30. The predicted octanol–water partition coefficient (Wildman–Crippen LogP) is 0.345. The van der Waals surface area contributed by atoms with Crippen LogP contribution in [-0.4, -0.2) is 179 Å². The number of fused-ring (bicyclic) bond motifs is 6. The van der Waals surface area contributed by atoms with Crippen molar-refractivity contribution in [3.05, 3.63) is 63.7 Å². The molecule has 26 heteroatoms. The molecule has 4 heterocycles. The summed E-state index contributed by atoms with van der Waals surface area (Å²) in [6, 6.07) is 0.449. The fraction of sp³-hybridized carbons (Fsp3) is 0.556. The lowest BCUT2D eigenvalue weighted by atomic mass is 9.72. The molecule has 0 spiro atoms. The van der Waals surface area contributed by atoms with E-state index >= 15 is 0 Å². The van der Waals surface area contributed by atoms with Gasteiger partial charge in [-0.15, -0.1) is 0 Å². The van der Waals surface area contributed by atoms with E-state index in [9.17, 15) is 63.3 Å². The molecular formula is C54H68N8O18. The number of carbonyl (C=O) groups is 10. The summed E-state index contributed by atoms with van der Waals surface area (Å²) in [6.07, 6.45) is -1.47. The quantitative estimate of drug-likeness (QED) is 0.0372. The molecule has 8 amide bonds. The van der Waals surface area contributed by atoms with Crippen LogP contribution in [0.5, 0.6) is 11.5 Å². The van der Waals surface area contributed by atoms with E-state index in [-0.39, 0.29) is 72.8 Å². The van der Waals surface area contributed by atoms with Crippen LogP contribution in [0.3, 0.4) is 0 Å². The van der Waals surface area contributed by atoms with Gasteiger partial charge in [0.2, 0.25) is 23.6 Å². The first-order valence-electron chi connectivity index (χ1n) is 26.7. The SMILES string of the molecule is CO[C@H]1OCCN2[C@@H]1O[C@@H]1[C@H](C)OC(O[C@H]3C[C@](O)(C(C)=O)Cc4c(O)c5c(c(O)c43)C(=O)c3c(NC(=O)CNC(=O)[C@H](CCCNC(N)=O)NC(=O)[C@@H](NC(=O)CCCCCN4C(=O)C=CC4=O)C(C)C)cccc3C5=O)C[C@@H]12. The number of aromatic hydroxyl groups is 2. The average molecular weight is 1120 g/mol. The molecule has 0 bridgehead atoms. The molecule has 4 aliphatic heterocycles. The Morgan fingerprint density at radius 3 is 2.30 bits per heavy atom. The average Bonchev–Trinajstić information content (AvgIpc) is 3.96. The Kier molecular flexibility index (Phi) is 18.2. The van der Waals surface area contributed by atoms with Gasteiger partial charge in [0, 0.05) is 87.3 Å². The number of carbonyl (C=O) groups excluding carboxylic acids is 10. The van der Waals surface area contributed by atoms with E-state index in [1.807, 2.05) is 0 Å². The van der Waals surface area contributed by atoms with E-state index in [0.717, 1.165) is 11.8 Å². The number of ether oxygens (including phenoxy) is 5. The molecule has 6 aliphatic rings. The number of nitrogens with zero attached hydrogens (tertiary/aromatic N) is 2. The number of urea groups is 1. The number of benzene rings is 2. The Morgan fingerprint density at radius 1 is 0.887 bits per heavy atom. The zero-order valence-electron chi connectivity index (χ0n) is 45.0. The molecule has 2 aromatic rings. The molecule has 2 aromatic carbocycles. The standard InChI is InChI=1S/C54H68N8O18/c1-25(2)43(60-34(64)14-7-6-8-18-62-36(66)15-16-37(62)67)50(73)59-31(13-10-17-56-53(55)74)49(72)57-24-35(65)58-30-12-9-11-28-39(30)46(70)42-41(44(28)68)45(69)29-22-54(75,27(4)63)23-33(40(29)47(42)71)79-38-21-32-48(26(3)78-38)80-51-52(76-5)77-20-19-61(32)51/h9,11-12,15-16,25-26,31-33,38,43,48,51-52,69,71,75H,6-8,10,13-14,17-24H2,1-5H3,(H,57,72)(H,58,65)(H,59,73)(H,60,64)(H3,55,56,74)/t26-,31-,32-,33-,38?,43-,48+,51+,52-,54-/m0/s1. The number of anilines is 1. The van der Waals surface area contributed by atoms with Crippen molar-refractivity contribution in [3.8, 4) is 11.5 Å². The summed E-state index contributed by atoms with van der Waals surface area (Å²) < 4.78 is 30.4. The fourth-order valence-electron chi connectivity index (χ4n) is 11.3. The number of phenolic OH excluding ortho intramolecular Hbond substituents is 2. The first-order valence-corrected chi connectivity index (χ1v) is 26.7. The number of amides is 8. The van der Waals surface area contributed by atoms with Crippen molar-refractivity contribution >= 4 is 64.5 Å². The zero-order chi connectivity index (χ0) is 57.9. The van der Waals surface area contributed by atoms with Crippen LogP contribution >= 0.6 is 0 Å². The van der Waals surface area contributed by atoms with Crippen molar-refractivity contribution in [2.45, 2.75) is 146 Å². The van der Waals surface area contributed by atoms with Crippen LogP contribution < -0.4 is 32.3 Å². The third-order valence-electron chi connectivity index (χ3n) is 15.4. The van der Waals surface area contributed by atoms with Crippen LogP contribution in [0.1, 0.15) is 128 Å². The van der Waals surface area contributed by atoms with E-state index < -0.39 is 162 Å². The number of methoxy groups -OCH3 is 1. The fourth-order valence-corrected chi connectivity index (χ4v) is 11.3. The van der Waals surface area contributed by atoms with Crippen LogP contribution in [0.4, 0.5) is 10.5 Å². The number of phenols is 2. The van der Waals surface area contributed by atoms with Crippen molar-refractivity contribution < 1.29 is 86.9 Å². The minimum Gasteiger partial charge on any atom is -0.507 e. The number of ketones is 3. The first-order chi connectivity index (χ1) is 38.0. The Hall–Kier alpha value is -7.20. The van der Waals surface area contributed by atoms with Crippen LogP contribution in [0.25, 0.3) is 0 Å². The predicted molar refractivity (Wildman–Crippen MR) is 277 cm³/mol. The number of aliphatic hydroxyl groups is 1. The normalized spacial score (nSPS) is 25.6. The molecule has 10 N–H and O–H groups in total. The van der Waals surface area contributed by atoms with Crippen LogP contribution in [0, 0.1) is 5.92 Å². The third-order valence-corrected chi connectivity index (χ3v) is 15.4. The lowest BCUT2D eigenvalue weighted by Gasteiger charge is -2.43. The van der Waals surface area contributed by atoms with Gasteiger partial charge < -0.3 is 71.3 Å². The highest BCUT2D eigenvalue weighted by atomic mass is 16.7. The number of nitrogens with one attached hydrogen (secondary N) is 5. The molecule has 10 atom stereocenters. The van der Waals surface area contributed by atoms with Crippen LogP contribution in [-0.2, 0) is 63.7 Å². The van der Waals surface area contributed by atoms with Crippen molar-refractivity contribution in [1.29, 1.82) is 0 Å². The molecule has 2 aliphatic carbocycles. The number of hydrogen-bond acceptors (Lipinski definition) is 19. The molecule has 80 heavy (non-hydrogen) atoms. The van der Waals surface area contributed by atoms with Crippen LogP contribution in [0.15, 0.2) is 30.4 Å².